The largest absolute Gasteiger partial charge is 0.496 e. The van der Waals surface area contributed by atoms with Gasteiger partial charge >= 0.3 is 0 Å². The Morgan fingerprint density at radius 2 is 2.00 bits per heavy atom. The van der Waals surface area contributed by atoms with Crippen LogP contribution in [0.5, 0.6) is 5.75 Å². The second-order valence-electron chi connectivity index (χ2n) is 4.93. The molecule has 0 saturated carbocycles. The highest BCUT2D eigenvalue weighted by Crippen LogP contribution is 2.29. The van der Waals surface area contributed by atoms with Crippen LogP contribution < -0.4 is 4.74 Å². The van der Waals surface area contributed by atoms with Gasteiger partial charge in [-0.2, -0.15) is 0 Å². The van der Waals surface area contributed by atoms with Crippen LogP contribution in [-0.2, 0) is 6.42 Å². The first-order valence-electron chi connectivity index (χ1n) is 6.59. The van der Waals surface area contributed by atoms with Gasteiger partial charge in [0.25, 0.3) is 0 Å². The molecule has 3 heteroatoms. The van der Waals surface area contributed by atoms with Gasteiger partial charge < -0.3 is 4.74 Å². The minimum absolute atomic E-state index is 0.190. The van der Waals surface area contributed by atoms with Crippen LogP contribution in [0.15, 0.2) is 42.5 Å². The highest BCUT2D eigenvalue weighted by Gasteiger charge is 2.14. The van der Waals surface area contributed by atoms with Crippen molar-refractivity contribution < 1.29 is 9.13 Å². The summed E-state index contributed by atoms with van der Waals surface area (Å²) in [7, 11) is 1.68. The summed E-state index contributed by atoms with van der Waals surface area (Å²) >= 11 is 3.54. The third-order valence-electron chi connectivity index (χ3n) is 3.41. The molecule has 1 nitrogen and oxygen atoms in total. The van der Waals surface area contributed by atoms with Gasteiger partial charge in [-0.1, -0.05) is 45.8 Å². The van der Waals surface area contributed by atoms with Crippen LogP contribution in [0.4, 0.5) is 4.39 Å². The number of methoxy groups -OCH3 is 1. The van der Waals surface area contributed by atoms with E-state index in [2.05, 4.69) is 28.9 Å². The molecule has 0 bridgehead atoms. The lowest BCUT2D eigenvalue weighted by atomic mass is 9.92. The third kappa shape index (κ3) is 3.60. The topological polar surface area (TPSA) is 9.23 Å². The molecular weight excluding hydrogens is 319 g/mol. The first-order chi connectivity index (χ1) is 9.63. The highest BCUT2D eigenvalue weighted by atomic mass is 79.9. The zero-order valence-corrected chi connectivity index (χ0v) is 13.3. The SMILES string of the molecule is COc1ccc(C)cc1CC(CBr)c1cccc(F)c1. The zero-order valence-electron chi connectivity index (χ0n) is 11.7. The Morgan fingerprint density at radius 1 is 1.20 bits per heavy atom. The van der Waals surface area contributed by atoms with Crippen molar-refractivity contribution in [2.45, 2.75) is 19.3 Å². The van der Waals surface area contributed by atoms with Gasteiger partial charge in [0.05, 0.1) is 7.11 Å². The molecular formula is C17H18BrFO. The maximum absolute atomic E-state index is 13.4. The molecule has 0 spiro atoms. The van der Waals surface area contributed by atoms with E-state index in [9.17, 15) is 4.39 Å². The minimum atomic E-state index is -0.190. The molecule has 1 unspecified atom stereocenters. The fourth-order valence-electron chi connectivity index (χ4n) is 2.35. The molecule has 1 atom stereocenters. The van der Waals surface area contributed by atoms with Crippen LogP contribution in [-0.4, -0.2) is 12.4 Å². The van der Waals surface area contributed by atoms with Crippen LogP contribution in [0.3, 0.4) is 0 Å². The third-order valence-corrected chi connectivity index (χ3v) is 4.19. The molecule has 0 fully saturated rings. The first-order valence-corrected chi connectivity index (χ1v) is 7.71. The summed E-state index contributed by atoms with van der Waals surface area (Å²) in [4.78, 5) is 0. The number of halogens is 2. The lowest BCUT2D eigenvalue weighted by Crippen LogP contribution is -2.06. The van der Waals surface area contributed by atoms with Crippen molar-refractivity contribution in [3.8, 4) is 5.75 Å². The van der Waals surface area contributed by atoms with Gasteiger partial charge in [-0.3, -0.25) is 0 Å². The van der Waals surface area contributed by atoms with Gasteiger partial charge in [0.1, 0.15) is 11.6 Å². The molecule has 0 N–H and O–H groups in total. The highest BCUT2D eigenvalue weighted by molar-refractivity contribution is 9.09. The number of aryl methyl sites for hydroxylation is 1. The van der Waals surface area contributed by atoms with Crippen molar-refractivity contribution >= 4 is 15.9 Å². The van der Waals surface area contributed by atoms with E-state index in [0.717, 1.165) is 28.6 Å². The summed E-state index contributed by atoms with van der Waals surface area (Å²) in [5, 5.41) is 0.785. The lowest BCUT2D eigenvalue weighted by molar-refractivity contribution is 0.408. The number of rotatable bonds is 5. The van der Waals surface area contributed by atoms with Gasteiger partial charge in [-0.05, 0) is 48.6 Å². The number of hydrogen-bond donors (Lipinski definition) is 0. The summed E-state index contributed by atoms with van der Waals surface area (Å²) in [6, 6.07) is 13.0. The molecule has 106 valence electrons. The number of ether oxygens (including phenoxy) is 1. The summed E-state index contributed by atoms with van der Waals surface area (Å²) < 4.78 is 18.8. The van der Waals surface area contributed by atoms with Crippen LogP contribution >= 0.6 is 15.9 Å². The molecule has 0 aliphatic carbocycles. The average Bonchev–Trinajstić information content (AvgIpc) is 2.45. The Kier molecular flexibility index (Phi) is 5.18. The molecule has 2 rings (SSSR count). The number of hydrogen-bond acceptors (Lipinski definition) is 1. The van der Waals surface area contributed by atoms with Crippen molar-refractivity contribution in [2.24, 2.45) is 0 Å². The Bertz CT molecular complexity index is 583. The van der Waals surface area contributed by atoms with E-state index < -0.39 is 0 Å². The quantitative estimate of drug-likeness (QED) is 0.708. The molecule has 0 aliphatic rings. The van der Waals surface area contributed by atoms with Gasteiger partial charge in [0.2, 0.25) is 0 Å². The van der Waals surface area contributed by atoms with Crippen molar-refractivity contribution in [1.29, 1.82) is 0 Å². The summed E-state index contributed by atoms with van der Waals surface area (Å²) in [5.74, 6) is 0.920. The zero-order chi connectivity index (χ0) is 14.5. The molecule has 0 aliphatic heterocycles. The fourth-order valence-corrected chi connectivity index (χ4v) is 2.96. The first kappa shape index (κ1) is 15.0. The summed E-state index contributed by atoms with van der Waals surface area (Å²) in [6.45, 7) is 2.06. The fraction of sp³-hybridized carbons (Fsp3) is 0.294. The standard InChI is InChI=1S/C17H18BrFO/c1-12-6-7-17(20-2)14(8-12)9-15(11-18)13-4-3-5-16(19)10-13/h3-8,10,15H,9,11H2,1-2H3. The van der Waals surface area contributed by atoms with Crippen LogP contribution in [0, 0.1) is 12.7 Å². The van der Waals surface area contributed by atoms with E-state index >= 15 is 0 Å². The van der Waals surface area contributed by atoms with Crippen LogP contribution in [0.25, 0.3) is 0 Å². The monoisotopic (exact) mass is 336 g/mol. The predicted molar refractivity (Wildman–Crippen MR) is 84.4 cm³/mol. The second kappa shape index (κ2) is 6.89. The molecule has 2 aromatic carbocycles. The van der Waals surface area contributed by atoms with Crippen LogP contribution in [0.2, 0.25) is 0 Å². The molecule has 0 saturated heterocycles. The summed E-state index contributed by atoms with van der Waals surface area (Å²) in [6.07, 6.45) is 0.819. The van der Waals surface area contributed by atoms with Crippen molar-refractivity contribution in [2.75, 3.05) is 12.4 Å². The Morgan fingerprint density at radius 3 is 2.65 bits per heavy atom. The normalized spacial score (nSPS) is 12.2. The van der Waals surface area contributed by atoms with Gasteiger partial charge in [-0.25, -0.2) is 4.39 Å². The summed E-state index contributed by atoms with van der Waals surface area (Å²) in [5.41, 5.74) is 3.36. The maximum Gasteiger partial charge on any atom is 0.123 e. The Labute approximate surface area is 127 Å². The van der Waals surface area contributed by atoms with Crippen molar-refractivity contribution in [1.82, 2.24) is 0 Å². The maximum atomic E-state index is 13.4. The van der Waals surface area contributed by atoms with Gasteiger partial charge in [-0.15, -0.1) is 0 Å². The predicted octanol–water partition coefficient (Wildman–Crippen LogP) is 4.86. The molecule has 0 radical (unpaired) electrons. The van der Waals surface area contributed by atoms with E-state index in [-0.39, 0.29) is 11.7 Å². The van der Waals surface area contributed by atoms with Crippen molar-refractivity contribution in [3.63, 3.8) is 0 Å². The molecule has 0 aromatic heterocycles. The van der Waals surface area contributed by atoms with Gasteiger partial charge in [0, 0.05) is 5.33 Å². The molecule has 0 amide bonds. The Balaban J connectivity index is 2.28. The molecule has 2 aromatic rings. The van der Waals surface area contributed by atoms with E-state index in [1.165, 1.54) is 11.6 Å². The van der Waals surface area contributed by atoms with Crippen molar-refractivity contribution in [3.05, 3.63) is 65.0 Å². The Hall–Kier alpha value is -1.35. The van der Waals surface area contributed by atoms with E-state index in [1.54, 1.807) is 19.2 Å². The van der Waals surface area contributed by atoms with E-state index in [4.69, 9.17) is 4.74 Å². The lowest BCUT2D eigenvalue weighted by Gasteiger charge is -2.17. The molecule has 20 heavy (non-hydrogen) atoms. The number of alkyl halides is 1. The number of benzene rings is 2. The van der Waals surface area contributed by atoms with Gasteiger partial charge in [0.15, 0.2) is 0 Å². The van der Waals surface area contributed by atoms with E-state index in [0.29, 0.717) is 0 Å². The minimum Gasteiger partial charge on any atom is -0.496 e. The second-order valence-corrected chi connectivity index (χ2v) is 5.57. The smallest absolute Gasteiger partial charge is 0.123 e. The van der Waals surface area contributed by atoms with Crippen LogP contribution in [0.1, 0.15) is 22.6 Å². The average molecular weight is 337 g/mol. The molecule has 0 heterocycles. The van der Waals surface area contributed by atoms with E-state index in [1.807, 2.05) is 18.2 Å².